The standard InChI is InChI=1S/C15H15N3O2/c1-9-7-11(8-14(19)16-9)15(20)18-13-6-5-10-3-2-4-12(10)17-13/h5-8H,2-4H2,1H3,(H,16,19)(H,17,18,20). The molecule has 0 bridgehead atoms. The minimum atomic E-state index is -0.315. The van der Waals surface area contributed by atoms with E-state index in [0.29, 0.717) is 17.1 Å². The fraction of sp³-hybridized carbons (Fsp3) is 0.267. The SMILES string of the molecule is Cc1cc(C(=O)Nc2ccc3c(n2)CCC3)cc(=O)[nH]1. The summed E-state index contributed by atoms with van der Waals surface area (Å²) in [4.78, 5) is 30.5. The molecule has 0 fully saturated rings. The van der Waals surface area contributed by atoms with Gasteiger partial charge in [0.2, 0.25) is 5.56 Å². The molecule has 0 aliphatic heterocycles. The molecule has 0 radical (unpaired) electrons. The summed E-state index contributed by atoms with van der Waals surface area (Å²) < 4.78 is 0. The lowest BCUT2D eigenvalue weighted by Crippen LogP contribution is -2.17. The van der Waals surface area contributed by atoms with Crippen LogP contribution in [0.2, 0.25) is 0 Å². The Balaban J connectivity index is 1.83. The molecule has 102 valence electrons. The third kappa shape index (κ3) is 2.47. The van der Waals surface area contributed by atoms with Gasteiger partial charge in [0.1, 0.15) is 5.82 Å². The minimum Gasteiger partial charge on any atom is -0.326 e. The van der Waals surface area contributed by atoms with Gasteiger partial charge in [-0.2, -0.15) is 0 Å². The molecule has 2 aromatic heterocycles. The van der Waals surface area contributed by atoms with Crippen molar-refractivity contribution < 1.29 is 4.79 Å². The van der Waals surface area contributed by atoms with Crippen molar-refractivity contribution in [2.75, 3.05) is 5.32 Å². The molecule has 0 saturated heterocycles. The average Bonchev–Trinajstić information content (AvgIpc) is 2.85. The largest absolute Gasteiger partial charge is 0.326 e. The number of H-pyrrole nitrogens is 1. The van der Waals surface area contributed by atoms with E-state index in [1.807, 2.05) is 12.1 Å². The number of nitrogens with one attached hydrogen (secondary N) is 2. The van der Waals surface area contributed by atoms with E-state index in [9.17, 15) is 9.59 Å². The highest BCUT2D eigenvalue weighted by atomic mass is 16.2. The molecule has 1 aliphatic rings. The number of carbonyl (C=O) groups is 1. The summed E-state index contributed by atoms with van der Waals surface area (Å²) in [7, 11) is 0. The van der Waals surface area contributed by atoms with Crippen molar-refractivity contribution in [3.05, 3.63) is 57.1 Å². The number of nitrogens with zero attached hydrogens (tertiary/aromatic N) is 1. The Morgan fingerprint density at radius 3 is 2.95 bits per heavy atom. The van der Waals surface area contributed by atoms with Crippen LogP contribution in [0.25, 0.3) is 0 Å². The number of amides is 1. The van der Waals surface area contributed by atoms with Crippen LogP contribution in [0, 0.1) is 6.92 Å². The number of pyridine rings is 2. The number of fused-ring (bicyclic) bond motifs is 1. The van der Waals surface area contributed by atoms with Crippen molar-refractivity contribution in [1.82, 2.24) is 9.97 Å². The van der Waals surface area contributed by atoms with Gasteiger partial charge in [0.05, 0.1) is 0 Å². The molecule has 0 spiro atoms. The van der Waals surface area contributed by atoms with Crippen LogP contribution in [0.4, 0.5) is 5.82 Å². The molecular formula is C15H15N3O2. The quantitative estimate of drug-likeness (QED) is 0.873. The van der Waals surface area contributed by atoms with Crippen molar-refractivity contribution in [1.29, 1.82) is 0 Å². The summed E-state index contributed by atoms with van der Waals surface area (Å²) in [5.41, 5.74) is 3.04. The van der Waals surface area contributed by atoms with Crippen molar-refractivity contribution >= 4 is 11.7 Å². The molecule has 2 N–H and O–H groups in total. The first-order chi connectivity index (χ1) is 9.61. The molecule has 5 heteroatoms. The molecule has 2 aromatic rings. The molecule has 0 aromatic carbocycles. The van der Waals surface area contributed by atoms with Crippen LogP contribution in [0.1, 0.15) is 33.7 Å². The van der Waals surface area contributed by atoms with Crippen LogP contribution in [0.5, 0.6) is 0 Å². The normalized spacial score (nSPS) is 13.1. The van der Waals surface area contributed by atoms with E-state index >= 15 is 0 Å². The monoisotopic (exact) mass is 269 g/mol. The van der Waals surface area contributed by atoms with Crippen molar-refractivity contribution in [3.8, 4) is 0 Å². The maximum Gasteiger partial charge on any atom is 0.257 e. The lowest BCUT2D eigenvalue weighted by Gasteiger charge is -2.06. The highest BCUT2D eigenvalue weighted by molar-refractivity contribution is 6.03. The fourth-order valence-electron chi connectivity index (χ4n) is 2.49. The number of anilines is 1. The van der Waals surface area contributed by atoms with Crippen LogP contribution in [-0.2, 0) is 12.8 Å². The van der Waals surface area contributed by atoms with E-state index in [2.05, 4.69) is 15.3 Å². The van der Waals surface area contributed by atoms with Gasteiger partial charge < -0.3 is 10.3 Å². The Kier molecular flexibility index (Phi) is 3.10. The van der Waals surface area contributed by atoms with E-state index < -0.39 is 0 Å². The third-order valence-electron chi connectivity index (χ3n) is 3.41. The summed E-state index contributed by atoms with van der Waals surface area (Å²) in [6, 6.07) is 6.75. The smallest absolute Gasteiger partial charge is 0.257 e. The van der Waals surface area contributed by atoms with Gasteiger partial charge in [-0.05, 0) is 43.9 Å². The lowest BCUT2D eigenvalue weighted by molar-refractivity contribution is 0.102. The summed E-state index contributed by atoms with van der Waals surface area (Å²) in [5, 5.41) is 2.74. The molecule has 1 amide bonds. The van der Waals surface area contributed by atoms with Gasteiger partial charge >= 0.3 is 0 Å². The zero-order valence-electron chi connectivity index (χ0n) is 11.2. The van der Waals surface area contributed by atoms with Crippen LogP contribution in [0.15, 0.2) is 29.1 Å². The molecular weight excluding hydrogens is 254 g/mol. The Bertz CT molecular complexity index is 734. The van der Waals surface area contributed by atoms with Gasteiger partial charge in [-0.1, -0.05) is 6.07 Å². The zero-order chi connectivity index (χ0) is 14.1. The van der Waals surface area contributed by atoms with E-state index in [4.69, 9.17) is 0 Å². The molecule has 0 saturated carbocycles. The second kappa shape index (κ2) is 4.92. The topological polar surface area (TPSA) is 74.8 Å². The van der Waals surface area contributed by atoms with E-state index in [1.165, 1.54) is 11.6 Å². The Labute approximate surface area is 116 Å². The second-order valence-corrected chi connectivity index (χ2v) is 5.03. The van der Waals surface area contributed by atoms with Crippen LogP contribution in [0.3, 0.4) is 0 Å². The molecule has 5 nitrogen and oxygen atoms in total. The summed E-state index contributed by atoms with van der Waals surface area (Å²) in [6.07, 6.45) is 3.14. The minimum absolute atomic E-state index is 0.280. The van der Waals surface area contributed by atoms with Crippen LogP contribution >= 0.6 is 0 Å². The maximum atomic E-state index is 12.1. The predicted octanol–water partition coefficient (Wildman–Crippen LogP) is 1.82. The number of aromatic nitrogens is 2. The number of aromatic amines is 1. The first-order valence-electron chi connectivity index (χ1n) is 6.63. The summed E-state index contributed by atoms with van der Waals surface area (Å²) >= 11 is 0. The number of aryl methyl sites for hydroxylation is 3. The molecule has 20 heavy (non-hydrogen) atoms. The van der Waals surface area contributed by atoms with Gasteiger partial charge in [-0.3, -0.25) is 9.59 Å². The predicted molar refractivity (Wildman–Crippen MR) is 76.0 cm³/mol. The molecule has 0 unspecified atom stereocenters. The molecule has 2 heterocycles. The summed E-state index contributed by atoms with van der Waals surface area (Å²) in [6.45, 7) is 1.74. The molecule has 0 atom stereocenters. The lowest BCUT2D eigenvalue weighted by atomic mass is 10.2. The van der Waals surface area contributed by atoms with Crippen molar-refractivity contribution in [2.24, 2.45) is 0 Å². The third-order valence-corrected chi connectivity index (χ3v) is 3.41. The van der Waals surface area contributed by atoms with E-state index in [0.717, 1.165) is 25.0 Å². The van der Waals surface area contributed by atoms with Crippen LogP contribution < -0.4 is 10.9 Å². The highest BCUT2D eigenvalue weighted by Crippen LogP contribution is 2.21. The Morgan fingerprint density at radius 2 is 2.15 bits per heavy atom. The number of hydrogen-bond donors (Lipinski definition) is 2. The Hall–Kier alpha value is -2.43. The van der Waals surface area contributed by atoms with Gasteiger partial charge in [0.25, 0.3) is 5.91 Å². The van der Waals surface area contributed by atoms with E-state index in [1.54, 1.807) is 13.0 Å². The number of carbonyl (C=O) groups excluding carboxylic acids is 1. The van der Waals surface area contributed by atoms with Crippen molar-refractivity contribution in [2.45, 2.75) is 26.2 Å². The highest BCUT2D eigenvalue weighted by Gasteiger charge is 2.14. The number of hydrogen-bond acceptors (Lipinski definition) is 3. The van der Waals surface area contributed by atoms with Gasteiger partial charge in [0.15, 0.2) is 0 Å². The molecule has 3 rings (SSSR count). The van der Waals surface area contributed by atoms with Gasteiger partial charge in [-0.15, -0.1) is 0 Å². The van der Waals surface area contributed by atoms with Gasteiger partial charge in [-0.25, -0.2) is 4.98 Å². The van der Waals surface area contributed by atoms with Crippen LogP contribution in [-0.4, -0.2) is 15.9 Å². The van der Waals surface area contributed by atoms with E-state index in [-0.39, 0.29) is 11.5 Å². The summed E-state index contributed by atoms with van der Waals surface area (Å²) in [5.74, 6) is 0.221. The average molecular weight is 269 g/mol. The maximum absolute atomic E-state index is 12.1. The van der Waals surface area contributed by atoms with Crippen molar-refractivity contribution in [3.63, 3.8) is 0 Å². The second-order valence-electron chi connectivity index (χ2n) is 5.03. The van der Waals surface area contributed by atoms with Gasteiger partial charge in [0, 0.05) is 23.0 Å². The zero-order valence-corrected chi connectivity index (χ0v) is 11.2. The Morgan fingerprint density at radius 1 is 1.30 bits per heavy atom. The number of rotatable bonds is 2. The molecule has 1 aliphatic carbocycles. The first-order valence-corrected chi connectivity index (χ1v) is 6.63. The fourth-order valence-corrected chi connectivity index (χ4v) is 2.49. The first kappa shape index (κ1) is 12.6.